The van der Waals surface area contributed by atoms with Gasteiger partial charge in [0.15, 0.2) is 5.60 Å². The minimum atomic E-state index is -1.04. The quantitative estimate of drug-likeness (QED) is 0.673. The molecule has 1 fully saturated rings. The van der Waals surface area contributed by atoms with Crippen molar-refractivity contribution in [1.82, 2.24) is 4.90 Å². The zero-order chi connectivity index (χ0) is 13.3. The van der Waals surface area contributed by atoms with Gasteiger partial charge in [0.1, 0.15) is 5.60 Å². The summed E-state index contributed by atoms with van der Waals surface area (Å²) >= 11 is 0. The predicted molar refractivity (Wildman–Crippen MR) is 59.6 cm³/mol. The van der Waals surface area contributed by atoms with Crippen molar-refractivity contribution in [2.75, 3.05) is 27.3 Å². The number of nitrogens with zero attached hydrogens (tertiary/aromatic N) is 1. The normalized spacial score (nSPS) is 18.3. The lowest BCUT2D eigenvalue weighted by molar-refractivity contribution is -0.185. The fourth-order valence-electron chi connectivity index (χ4n) is 1.55. The number of esters is 1. The molecule has 0 spiro atoms. The van der Waals surface area contributed by atoms with Gasteiger partial charge in [0.2, 0.25) is 0 Å². The second-order valence-electron chi connectivity index (χ2n) is 5.03. The van der Waals surface area contributed by atoms with Crippen LogP contribution >= 0.6 is 0 Å². The molecule has 6 nitrogen and oxygen atoms in total. The summed E-state index contributed by atoms with van der Waals surface area (Å²) in [6, 6.07) is 0. The molecule has 1 aliphatic heterocycles. The van der Waals surface area contributed by atoms with Crippen molar-refractivity contribution in [3.8, 4) is 0 Å². The van der Waals surface area contributed by atoms with E-state index in [1.165, 1.54) is 19.1 Å². The monoisotopic (exact) mass is 245 g/mol. The van der Waals surface area contributed by atoms with E-state index in [0.717, 1.165) is 0 Å². The van der Waals surface area contributed by atoms with Crippen LogP contribution in [0.4, 0.5) is 4.79 Å². The van der Waals surface area contributed by atoms with Gasteiger partial charge in [0.25, 0.3) is 0 Å². The van der Waals surface area contributed by atoms with Crippen molar-refractivity contribution < 1.29 is 23.8 Å². The molecule has 6 heteroatoms. The van der Waals surface area contributed by atoms with Crippen molar-refractivity contribution in [3.05, 3.63) is 0 Å². The number of likely N-dealkylation sites (tertiary alicyclic amines) is 1. The molecule has 0 unspecified atom stereocenters. The van der Waals surface area contributed by atoms with E-state index < -0.39 is 23.3 Å². The molecule has 1 heterocycles. The lowest BCUT2D eigenvalue weighted by atomic mass is 9.94. The van der Waals surface area contributed by atoms with E-state index in [2.05, 4.69) is 4.74 Å². The second-order valence-corrected chi connectivity index (χ2v) is 5.03. The van der Waals surface area contributed by atoms with Crippen LogP contribution in [-0.2, 0) is 19.0 Å². The van der Waals surface area contributed by atoms with Gasteiger partial charge in [-0.2, -0.15) is 0 Å². The van der Waals surface area contributed by atoms with E-state index in [1.54, 1.807) is 20.8 Å². The molecular formula is C11H19NO5. The Hall–Kier alpha value is -1.30. The second kappa shape index (κ2) is 4.52. The molecular weight excluding hydrogens is 226 g/mol. The maximum Gasteiger partial charge on any atom is 0.410 e. The molecule has 0 N–H and O–H groups in total. The van der Waals surface area contributed by atoms with E-state index in [1.807, 2.05) is 0 Å². The summed E-state index contributed by atoms with van der Waals surface area (Å²) in [6.45, 7) is 5.67. The van der Waals surface area contributed by atoms with E-state index in [9.17, 15) is 9.59 Å². The van der Waals surface area contributed by atoms with Gasteiger partial charge >= 0.3 is 12.1 Å². The lowest BCUT2D eigenvalue weighted by Crippen LogP contribution is -2.69. The Balaban J connectivity index is 2.55. The van der Waals surface area contributed by atoms with Crippen LogP contribution in [0.1, 0.15) is 20.8 Å². The van der Waals surface area contributed by atoms with Crippen LogP contribution in [-0.4, -0.2) is 55.5 Å². The molecule has 0 radical (unpaired) electrons. The number of hydrogen-bond donors (Lipinski definition) is 0. The molecule has 0 aromatic carbocycles. The van der Waals surface area contributed by atoms with Gasteiger partial charge in [-0.3, -0.25) is 0 Å². The molecule has 0 aromatic rings. The molecule has 1 aliphatic rings. The summed E-state index contributed by atoms with van der Waals surface area (Å²) in [5.74, 6) is -0.472. The number of methoxy groups -OCH3 is 2. The maximum absolute atomic E-state index is 11.7. The fourth-order valence-corrected chi connectivity index (χ4v) is 1.55. The van der Waals surface area contributed by atoms with Crippen molar-refractivity contribution in [2.45, 2.75) is 32.0 Å². The summed E-state index contributed by atoms with van der Waals surface area (Å²) in [7, 11) is 2.71. The Morgan fingerprint density at radius 2 is 1.71 bits per heavy atom. The van der Waals surface area contributed by atoms with E-state index in [0.29, 0.717) is 0 Å². The Bertz CT molecular complexity index is 314. The van der Waals surface area contributed by atoms with Gasteiger partial charge < -0.3 is 19.1 Å². The molecule has 0 aromatic heterocycles. The van der Waals surface area contributed by atoms with Crippen LogP contribution < -0.4 is 0 Å². The molecule has 98 valence electrons. The van der Waals surface area contributed by atoms with E-state index in [4.69, 9.17) is 9.47 Å². The van der Waals surface area contributed by atoms with Crippen molar-refractivity contribution in [2.24, 2.45) is 0 Å². The van der Waals surface area contributed by atoms with E-state index in [-0.39, 0.29) is 13.1 Å². The average molecular weight is 245 g/mol. The minimum absolute atomic E-state index is 0.158. The molecule has 17 heavy (non-hydrogen) atoms. The zero-order valence-corrected chi connectivity index (χ0v) is 10.9. The van der Waals surface area contributed by atoms with Crippen LogP contribution in [0.25, 0.3) is 0 Å². The SMILES string of the molecule is COC(=O)C1(OC)CN(C(=O)OC(C)(C)C)C1. The number of hydrogen-bond acceptors (Lipinski definition) is 5. The third-order valence-corrected chi connectivity index (χ3v) is 2.49. The topological polar surface area (TPSA) is 65.1 Å². The average Bonchev–Trinajstić information content (AvgIpc) is 2.13. The van der Waals surface area contributed by atoms with Crippen molar-refractivity contribution in [3.63, 3.8) is 0 Å². The molecule has 1 rings (SSSR count). The zero-order valence-electron chi connectivity index (χ0n) is 10.9. The standard InChI is InChI=1S/C11H19NO5/c1-10(2,3)17-9(14)12-6-11(7-12,16-5)8(13)15-4/h6-7H2,1-5H3. The van der Waals surface area contributed by atoms with Gasteiger partial charge in [-0.05, 0) is 20.8 Å². The Morgan fingerprint density at radius 1 is 1.18 bits per heavy atom. The first kappa shape index (κ1) is 13.8. The molecule has 1 saturated heterocycles. The number of ether oxygens (including phenoxy) is 3. The van der Waals surface area contributed by atoms with Gasteiger partial charge in [0.05, 0.1) is 20.2 Å². The first-order chi connectivity index (χ1) is 7.74. The fraction of sp³-hybridized carbons (Fsp3) is 0.818. The Labute approximate surface area is 101 Å². The van der Waals surface area contributed by atoms with Crippen LogP contribution in [0.3, 0.4) is 0 Å². The van der Waals surface area contributed by atoms with Crippen molar-refractivity contribution >= 4 is 12.1 Å². The molecule has 0 saturated carbocycles. The number of amides is 1. The highest BCUT2D eigenvalue weighted by atomic mass is 16.6. The largest absolute Gasteiger partial charge is 0.467 e. The minimum Gasteiger partial charge on any atom is -0.467 e. The first-order valence-corrected chi connectivity index (χ1v) is 5.35. The number of carbonyl (C=O) groups is 2. The van der Waals surface area contributed by atoms with Crippen LogP contribution in [0.15, 0.2) is 0 Å². The first-order valence-electron chi connectivity index (χ1n) is 5.35. The Kier molecular flexibility index (Phi) is 3.66. The summed E-state index contributed by atoms with van der Waals surface area (Å²) in [4.78, 5) is 24.5. The highest BCUT2D eigenvalue weighted by molar-refractivity contribution is 5.84. The number of carbonyl (C=O) groups excluding carboxylic acids is 2. The third kappa shape index (κ3) is 2.88. The van der Waals surface area contributed by atoms with Gasteiger partial charge in [-0.15, -0.1) is 0 Å². The molecule has 0 atom stereocenters. The highest BCUT2D eigenvalue weighted by Crippen LogP contribution is 2.27. The van der Waals surface area contributed by atoms with Crippen molar-refractivity contribution in [1.29, 1.82) is 0 Å². The highest BCUT2D eigenvalue weighted by Gasteiger charge is 2.53. The third-order valence-electron chi connectivity index (χ3n) is 2.49. The predicted octanol–water partition coefficient (Wildman–Crippen LogP) is 0.795. The summed E-state index contributed by atoms with van der Waals surface area (Å²) < 4.78 is 14.9. The smallest absolute Gasteiger partial charge is 0.410 e. The van der Waals surface area contributed by atoms with Gasteiger partial charge in [-0.25, -0.2) is 9.59 Å². The van der Waals surface area contributed by atoms with Gasteiger partial charge in [-0.1, -0.05) is 0 Å². The number of rotatable bonds is 2. The molecule has 0 bridgehead atoms. The van der Waals surface area contributed by atoms with Crippen LogP contribution in [0.2, 0.25) is 0 Å². The lowest BCUT2D eigenvalue weighted by Gasteiger charge is -2.46. The Morgan fingerprint density at radius 3 is 2.06 bits per heavy atom. The maximum atomic E-state index is 11.7. The summed E-state index contributed by atoms with van der Waals surface area (Å²) in [6.07, 6.45) is -0.450. The molecule has 0 aliphatic carbocycles. The molecule has 1 amide bonds. The van der Waals surface area contributed by atoms with Crippen LogP contribution in [0, 0.1) is 0 Å². The van der Waals surface area contributed by atoms with Crippen LogP contribution in [0.5, 0.6) is 0 Å². The van der Waals surface area contributed by atoms with E-state index >= 15 is 0 Å². The summed E-state index contributed by atoms with van der Waals surface area (Å²) in [5.41, 5.74) is -1.58. The van der Waals surface area contributed by atoms with Gasteiger partial charge in [0, 0.05) is 7.11 Å². The summed E-state index contributed by atoms with van der Waals surface area (Å²) in [5, 5.41) is 0.